The van der Waals surface area contributed by atoms with E-state index in [1.807, 2.05) is 12.2 Å². The highest BCUT2D eigenvalue weighted by Crippen LogP contribution is 2.14. The van der Waals surface area contributed by atoms with Gasteiger partial charge in [0.15, 0.2) is 11.9 Å². The first-order chi connectivity index (χ1) is 22.0. The fourth-order valence-electron chi connectivity index (χ4n) is 5.30. The van der Waals surface area contributed by atoms with E-state index >= 15 is 0 Å². The first kappa shape index (κ1) is 43.0. The number of hydrogen-bond donors (Lipinski definition) is 1. The van der Waals surface area contributed by atoms with Crippen molar-refractivity contribution in [3.63, 3.8) is 0 Å². The van der Waals surface area contributed by atoms with Crippen LogP contribution in [-0.2, 0) is 23.9 Å². The van der Waals surface area contributed by atoms with E-state index in [4.69, 9.17) is 9.47 Å². The molecule has 6 nitrogen and oxygen atoms in total. The number of ether oxygens (including phenoxy) is 2. The monoisotopic (exact) mass is 635 g/mol. The van der Waals surface area contributed by atoms with E-state index in [0.717, 1.165) is 77.0 Å². The minimum Gasteiger partial charge on any atom is -0.462 e. The van der Waals surface area contributed by atoms with Gasteiger partial charge in [0.25, 0.3) is 0 Å². The Bertz CT molecular complexity index is 744. The molecular formula is C39H70O6. The number of carbonyl (C=O) groups excluding carboxylic acids is 3. The van der Waals surface area contributed by atoms with Crippen molar-refractivity contribution in [2.24, 2.45) is 0 Å². The lowest BCUT2D eigenvalue weighted by Gasteiger charge is -2.15. The molecule has 6 heteroatoms. The summed E-state index contributed by atoms with van der Waals surface area (Å²) in [6.45, 7) is 3.96. The van der Waals surface area contributed by atoms with Crippen molar-refractivity contribution in [2.75, 3.05) is 13.2 Å². The summed E-state index contributed by atoms with van der Waals surface area (Å²) in [7, 11) is 0. The second-order valence-electron chi connectivity index (χ2n) is 12.7. The number of aliphatic hydroxyl groups excluding tert-OH is 1. The highest BCUT2D eigenvalue weighted by molar-refractivity contribution is 5.89. The highest BCUT2D eigenvalue weighted by Gasteiger charge is 2.16. The minimum absolute atomic E-state index is 0.0878. The van der Waals surface area contributed by atoms with E-state index in [9.17, 15) is 19.5 Å². The van der Waals surface area contributed by atoms with Gasteiger partial charge in [-0.2, -0.15) is 0 Å². The molecule has 262 valence electrons. The van der Waals surface area contributed by atoms with Crippen molar-refractivity contribution in [1.82, 2.24) is 0 Å². The van der Waals surface area contributed by atoms with Crippen molar-refractivity contribution in [1.29, 1.82) is 0 Å². The SMILES string of the molecule is CCCCCCCCCCCCCCCCCC(=O)OC[C@H](CO)OC(=O)CCCCCCC/C=C\C=C\C(=O)CCCCC. The summed E-state index contributed by atoms with van der Waals surface area (Å²) < 4.78 is 10.6. The van der Waals surface area contributed by atoms with E-state index in [1.165, 1.54) is 77.0 Å². The molecule has 0 aliphatic heterocycles. The van der Waals surface area contributed by atoms with Gasteiger partial charge >= 0.3 is 11.9 Å². The number of aliphatic hydroxyl groups is 1. The largest absolute Gasteiger partial charge is 0.462 e. The molecule has 0 radical (unpaired) electrons. The molecule has 0 aromatic rings. The van der Waals surface area contributed by atoms with Crippen LogP contribution < -0.4 is 0 Å². The summed E-state index contributed by atoms with van der Waals surface area (Å²) >= 11 is 0. The molecule has 0 amide bonds. The quantitative estimate of drug-likeness (QED) is 0.0328. The number of allylic oxidation sites excluding steroid dienone is 4. The Labute approximate surface area is 277 Å². The van der Waals surface area contributed by atoms with Gasteiger partial charge in [0.1, 0.15) is 6.61 Å². The van der Waals surface area contributed by atoms with Crippen LogP contribution >= 0.6 is 0 Å². The normalized spacial score (nSPS) is 12.2. The predicted octanol–water partition coefficient (Wildman–Crippen LogP) is 10.7. The van der Waals surface area contributed by atoms with Gasteiger partial charge in [-0.1, -0.05) is 154 Å². The fraction of sp³-hybridized carbons (Fsp3) is 0.821. The number of rotatable bonds is 34. The van der Waals surface area contributed by atoms with Crippen molar-refractivity contribution in [2.45, 2.75) is 193 Å². The standard InChI is InChI=1S/C39H70O6/c1-3-5-7-8-9-10-11-12-13-14-15-18-21-24-28-32-38(42)44-35-37(34-40)45-39(43)33-29-25-22-19-16-17-20-23-27-31-36(41)30-26-6-4-2/h20,23,27,31,37,40H,3-19,21-22,24-26,28-30,32-35H2,1-2H3/b23-20-,31-27+/t37-/m0/s1. The summed E-state index contributed by atoms with van der Waals surface area (Å²) in [4.78, 5) is 35.9. The van der Waals surface area contributed by atoms with E-state index < -0.39 is 6.10 Å². The molecule has 0 unspecified atom stereocenters. The first-order valence-corrected chi connectivity index (χ1v) is 18.8. The molecule has 45 heavy (non-hydrogen) atoms. The molecule has 0 spiro atoms. The Kier molecular flexibility index (Phi) is 33.4. The molecule has 0 saturated carbocycles. The molecule has 0 heterocycles. The second-order valence-corrected chi connectivity index (χ2v) is 12.7. The van der Waals surface area contributed by atoms with E-state index in [1.54, 1.807) is 6.08 Å². The Morgan fingerprint density at radius 1 is 0.556 bits per heavy atom. The molecular weight excluding hydrogens is 564 g/mol. The summed E-state index contributed by atoms with van der Waals surface area (Å²) in [5.74, 6) is -0.448. The van der Waals surface area contributed by atoms with Crippen LogP contribution in [0.1, 0.15) is 187 Å². The maximum atomic E-state index is 12.1. The molecule has 0 fully saturated rings. The minimum atomic E-state index is -0.796. The molecule has 0 saturated heterocycles. The average Bonchev–Trinajstić information content (AvgIpc) is 3.03. The van der Waals surface area contributed by atoms with Gasteiger partial charge in [0, 0.05) is 19.3 Å². The molecule has 0 aliphatic rings. The van der Waals surface area contributed by atoms with Crippen molar-refractivity contribution in [3.05, 3.63) is 24.3 Å². The van der Waals surface area contributed by atoms with Crippen molar-refractivity contribution < 1.29 is 29.0 Å². The van der Waals surface area contributed by atoms with Gasteiger partial charge < -0.3 is 14.6 Å². The zero-order chi connectivity index (χ0) is 33.1. The second kappa shape index (κ2) is 34.9. The molecule has 0 aromatic heterocycles. The molecule has 1 atom stereocenters. The number of carbonyl (C=O) groups is 3. The third kappa shape index (κ3) is 33.2. The van der Waals surface area contributed by atoms with E-state index in [2.05, 4.69) is 19.9 Å². The Morgan fingerprint density at radius 3 is 1.53 bits per heavy atom. The number of hydrogen-bond acceptors (Lipinski definition) is 6. The molecule has 0 aromatic carbocycles. The lowest BCUT2D eigenvalue weighted by Crippen LogP contribution is -2.28. The van der Waals surface area contributed by atoms with Crippen LogP contribution in [0, 0.1) is 0 Å². The van der Waals surface area contributed by atoms with Crippen LogP contribution in [0.3, 0.4) is 0 Å². The molecule has 0 bridgehead atoms. The van der Waals surface area contributed by atoms with E-state index in [-0.39, 0.29) is 30.9 Å². The smallest absolute Gasteiger partial charge is 0.306 e. The van der Waals surface area contributed by atoms with Crippen LogP contribution in [-0.4, -0.2) is 42.1 Å². The van der Waals surface area contributed by atoms with Crippen LogP contribution in [0.4, 0.5) is 0 Å². The zero-order valence-electron chi connectivity index (χ0n) is 29.4. The number of ketones is 1. The highest BCUT2D eigenvalue weighted by atomic mass is 16.6. The lowest BCUT2D eigenvalue weighted by atomic mass is 10.0. The van der Waals surface area contributed by atoms with Crippen LogP contribution in [0.2, 0.25) is 0 Å². The lowest BCUT2D eigenvalue weighted by molar-refractivity contribution is -0.161. The first-order valence-electron chi connectivity index (χ1n) is 18.8. The van der Waals surface area contributed by atoms with E-state index in [0.29, 0.717) is 19.3 Å². The third-order valence-corrected chi connectivity index (χ3v) is 8.22. The van der Waals surface area contributed by atoms with Crippen LogP contribution in [0.15, 0.2) is 24.3 Å². The summed E-state index contributed by atoms with van der Waals surface area (Å²) in [5, 5.41) is 9.53. The Hall–Kier alpha value is -1.95. The van der Waals surface area contributed by atoms with Gasteiger partial charge in [-0.25, -0.2) is 0 Å². The summed E-state index contributed by atoms with van der Waals surface area (Å²) in [5.41, 5.74) is 0. The predicted molar refractivity (Wildman–Crippen MR) is 187 cm³/mol. The summed E-state index contributed by atoms with van der Waals surface area (Å²) in [6.07, 6.45) is 36.4. The number of esters is 2. The average molecular weight is 635 g/mol. The van der Waals surface area contributed by atoms with Gasteiger partial charge in [0.2, 0.25) is 0 Å². The van der Waals surface area contributed by atoms with Crippen LogP contribution in [0.25, 0.3) is 0 Å². The molecule has 0 aliphatic carbocycles. The fourth-order valence-corrected chi connectivity index (χ4v) is 5.30. The van der Waals surface area contributed by atoms with Crippen molar-refractivity contribution >= 4 is 17.7 Å². The zero-order valence-corrected chi connectivity index (χ0v) is 29.4. The van der Waals surface area contributed by atoms with Crippen molar-refractivity contribution in [3.8, 4) is 0 Å². The van der Waals surface area contributed by atoms with Gasteiger partial charge in [0.05, 0.1) is 6.61 Å². The Balaban J connectivity index is 3.62. The maximum Gasteiger partial charge on any atom is 0.306 e. The van der Waals surface area contributed by atoms with Gasteiger partial charge in [-0.15, -0.1) is 0 Å². The Morgan fingerprint density at radius 2 is 1.00 bits per heavy atom. The van der Waals surface area contributed by atoms with Crippen LogP contribution in [0.5, 0.6) is 0 Å². The maximum absolute atomic E-state index is 12.1. The molecule has 1 N–H and O–H groups in total. The van der Waals surface area contributed by atoms with Gasteiger partial charge in [-0.3, -0.25) is 14.4 Å². The topological polar surface area (TPSA) is 89.9 Å². The third-order valence-electron chi connectivity index (χ3n) is 8.22. The summed E-state index contributed by atoms with van der Waals surface area (Å²) in [6, 6.07) is 0. The molecule has 0 rings (SSSR count). The number of unbranched alkanes of at least 4 members (excludes halogenated alkanes) is 21. The van der Waals surface area contributed by atoms with Gasteiger partial charge in [-0.05, 0) is 38.2 Å².